The molecule has 8 nitrogen and oxygen atoms in total. The van der Waals surface area contributed by atoms with E-state index in [1.165, 1.54) is 43.5 Å². The van der Waals surface area contributed by atoms with Crippen molar-refractivity contribution in [3.63, 3.8) is 0 Å². The Morgan fingerprint density at radius 2 is 1.76 bits per heavy atom. The summed E-state index contributed by atoms with van der Waals surface area (Å²) in [5.41, 5.74) is 2.26. The number of halogens is 1. The van der Waals surface area contributed by atoms with E-state index in [1.807, 2.05) is 0 Å². The highest BCUT2D eigenvalue weighted by molar-refractivity contribution is 7.89. The van der Waals surface area contributed by atoms with Gasteiger partial charge in [0.25, 0.3) is 0 Å². The number of methoxy groups -OCH3 is 1. The Bertz CT molecular complexity index is 1300. The Balaban J connectivity index is 1.54. The minimum absolute atomic E-state index is 0.0329. The first kappa shape index (κ1) is 25.1. The molecule has 10 heteroatoms. The van der Waals surface area contributed by atoms with Crippen molar-refractivity contribution in [1.82, 2.24) is 9.29 Å². The zero-order valence-corrected chi connectivity index (χ0v) is 19.8. The third-order valence-electron chi connectivity index (χ3n) is 5.15. The first-order valence-corrected chi connectivity index (χ1v) is 11.9. The second kappa shape index (κ2) is 10.6. The second-order valence-electron chi connectivity index (χ2n) is 7.51. The van der Waals surface area contributed by atoms with E-state index < -0.39 is 34.2 Å². The zero-order valence-electron chi connectivity index (χ0n) is 19.0. The number of nitrogens with zero attached hydrogens (tertiary/aromatic N) is 1. The molecule has 0 radical (unpaired) electrons. The lowest BCUT2D eigenvalue weighted by Crippen LogP contribution is -2.27. The number of Topliss-reactive ketones (excluding diaryl/α,β-unsaturated/α-hetero) is 1. The summed E-state index contributed by atoms with van der Waals surface area (Å²) in [5.74, 6) is -1.01. The average Bonchev–Trinajstić information content (AvgIpc) is 3.11. The molecule has 0 aliphatic rings. The highest BCUT2D eigenvalue weighted by Crippen LogP contribution is 2.22. The summed E-state index contributed by atoms with van der Waals surface area (Å²) in [4.78, 5) is 24.7. The number of hydrogen-bond donors (Lipinski definition) is 1. The zero-order chi connectivity index (χ0) is 24.9. The lowest BCUT2D eigenvalue weighted by atomic mass is 10.1. The van der Waals surface area contributed by atoms with Gasteiger partial charge in [0, 0.05) is 29.2 Å². The van der Waals surface area contributed by atoms with Gasteiger partial charge in [0.15, 0.2) is 6.61 Å². The molecule has 3 rings (SSSR count). The van der Waals surface area contributed by atoms with Gasteiger partial charge in [-0.3, -0.25) is 9.59 Å². The molecule has 34 heavy (non-hydrogen) atoms. The van der Waals surface area contributed by atoms with Gasteiger partial charge in [-0.25, -0.2) is 17.5 Å². The Kier molecular flexibility index (Phi) is 7.85. The Morgan fingerprint density at radius 1 is 1.06 bits per heavy atom. The van der Waals surface area contributed by atoms with Gasteiger partial charge in [-0.15, -0.1) is 0 Å². The summed E-state index contributed by atoms with van der Waals surface area (Å²) in [5, 5.41) is 0. The first-order valence-electron chi connectivity index (χ1n) is 10.4. The number of hydrogen-bond acceptors (Lipinski definition) is 6. The van der Waals surface area contributed by atoms with Crippen LogP contribution in [0.4, 0.5) is 4.39 Å². The number of aryl methyl sites for hydroxylation is 1. The Morgan fingerprint density at radius 3 is 2.41 bits per heavy atom. The van der Waals surface area contributed by atoms with Gasteiger partial charge in [-0.1, -0.05) is 6.07 Å². The van der Waals surface area contributed by atoms with E-state index in [0.29, 0.717) is 22.7 Å². The number of carbonyl (C=O) groups excluding carboxylic acids is 2. The van der Waals surface area contributed by atoms with Crippen LogP contribution < -0.4 is 9.46 Å². The maximum Gasteiger partial charge on any atom is 0.307 e. The van der Waals surface area contributed by atoms with E-state index in [-0.39, 0.29) is 17.9 Å². The second-order valence-corrected chi connectivity index (χ2v) is 9.27. The molecule has 180 valence electrons. The summed E-state index contributed by atoms with van der Waals surface area (Å²) in [6, 6.07) is 13.5. The number of ketones is 1. The predicted octanol–water partition coefficient (Wildman–Crippen LogP) is 3.34. The number of rotatable bonds is 10. The number of ether oxygens (including phenoxy) is 2. The number of esters is 1. The van der Waals surface area contributed by atoms with Crippen LogP contribution in [0.25, 0.3) is 5.69 Å². The van der Waals surface area contributed by atoms with Gasteiger partial charge in [-0.05, 0) is 62.4 Å². The Labute approximate surface area is 197 Å². The molecular weight excluding hydrogens is 463 g/mol. The van der Waals surface area contributed by atoms with E-state index >= 15 is 0 Å². The molecular formula is C24H25FN2O6S. The van der Waals surface area contributed by atoms with Crippen molar-refractivity contribution < 1.29 is 31.9 Å². The summed E-state index contributed by atoms with van der Waals surface area (Å²) in [6.07, 6.45) is -0.245. The molecule has 1 N–H and O–H groups in total. The maximum atomic E-state index is 13.6. The van der Waals surface area contributed by atoms with Crippen molar-refractivity contribution in [2.75, 3.05) is 20.3 Å². The van der Waals surface area contributed by atoms with E-state index in [2.05, 4.69) is 4.72 Å². The molecule has 0 aliphatic carbocycles. The standard InChI is InChI=1S/C24H25FN2O6S/c1-16-13-22(17(2)27(16)19-6-4-5-18(25)14-19)23(28)15-33-24(29)11-12-26-34(30,31)21-9-7-20(32-3)8-10-21/h4-10,13-14,26H,11-12,15H2,1-3H3. The molecule has 0 saturated carbocycles. The first-order chi connectivity index (χ1) is 16.1. The summed E-state index contributed by atoms with van der Waals surface area (Å²) in [6.45, 7) is 2.84. The van der Waals surface area contributed by atoms with Crippen LogP contribution in [0.3, 0.4) is 0 Å². The van der Waals surface area contributed by atoms with Crippen molar-refractivity contribution in [3.8, 4) is 11.4 Å². The van der Waals surface area contributed by atoms with Crippen molar-refractivity contribution >= 4 is 21.8 Å². The van der Waals surface area contributed by atoms with E-state index in [1.54, 1.807) is 36.6 Å². The van der Waals surface area contributed by atoms with Crippen LogP contribution in [0.5, 0.6) is 5.75 Å². The predicted molar refractivity (Wildman–Crippen MR) is 123 cm³/mol. The Hall–Kier alpha value is -3.50. The van der Waals surface area contributed by atoms with Gasteiger partial charge < -0.3 is 14.0 Å². The van der Waals surface area contributed by atoms with E-state index in [4.69, 9.17) is 9.47 Å². The van der Waals surface area contributed by atoms with Crippen LogP contribution in [0, 0.1) is 19.7 Å². The normalized spacial score (nSPS) is 11.3. The number of sulfonamides is 1. The fraction of sp³-hybridized carbons (Fsp3) is 0.250. The molecule has 0 saturated heterocycles. The van der Waals surface area contributed by atoms with Crippen LogP contribution in [0.1, 0.15) is 28.2 Å². The smallest absolute Gasteiger partial charge is 0.307 e. The molecule has 0 bridgehead atoms. The third-order valence-corrected chi connectivity index (χ3v) is 6.63. The van der Waals surface area contributed by atoms with Gasteiger partial charge in [0.2, 0.25) is 15.8 Å². The number of benzene rings is 2. The quantitative estimate of drug-likeness (QED) is 0.347. The minimum atomic E-state index is -3.80. The topological polar surface area (TPSA) is 104 Å². The van der Waals surface area contributed by atoms with Crippen LogP contribution in [-0.2, 0) is 19.6 Å². The fourth-order valence-electron chi connectivity index (χ4n) is 3.48. The van der Waals surface area contributed by atoms with Crippen LogP contribution in [-0.4, -0.2) is 45.0 Å². The van der Waals surface area contributed by atoms with Crippen molar-refractivity contribution in [3.05, 3.63) is 77.4 Å². The molecule has 0 spiro atoms. The fourth-order valence-corrected chi connectivity index (χ4v) is 4.51. The average molecular weight is 489 g/mol. The minimum Gasteiger partial charge on any atom is -0.497 e. The van der Waals surface area contributed by atoms with E-state index in [0.717, 1.165) is 5.69 Å². The lowest BCUT2D eigenvalue weighted by molar-refractivity contribution is -0.142. The van der Waals surface area contributed by atoms with E-state index in [9.17, 15) is 22.4 Å². The molecule has 0 fully saturated rings. The molecule has 0 amide bonds. The van der Waals surface area contributed by atoms with Gasteiger partial charge in [0.1, 0.15) is 11.6 Å². The van der Waals surface area contributed by atoms with Crippen LogP contribution >= 0.6 is 0 Å². The molecule has 0 unspecified atom stereocenters. The molecule has 3 aromatic rings. The molecule has 0 atom stereocenters. The van der Waals surface area contributed by atoms with Crippen LogP contribution in [0.2, 0.25) is 0 Å². The highest BCUT2D eigenvalue weighted by Gasteiger charge is 2.19. The number of carbonyl (C=O) groups is 2. The molecule has 1 aromatic heterocycles. The molecule has 0 aliphatic heterocycles. The van der Waals surface area contributed by atoms with Crippen molar-refractivity contribution in [1.29, 1.82) is 0 Å². The van der Waals surface area contributed by atoms with Crippen molar-refractivity contribution in [2.45, 2.75) is 25.2 Å². The van der Waals surface area contributed by atoms with Crippen molar-refractivity contribution in [2.24, 2.45) is 0 Å². The molecule has 1 heterocycles. The van der Waals surface area contributed by atoms with Gasteiger partial charge in [-0.2, -0.15) is 0 Å². The monoisotopic (exact) mass is 488 g/mol. The number of aromatic nitrogens is 1. The third kappa shape index (κ3) is 5.89. The molecule has 2 aromatic carbocycles. The van der Waals surface area contributed by atoms with Gasteiger partial charge >= 0.3 is 5.97 Å². The highest BCUT2D eigenvalue weighted by atomic mass is 32.2. The van der Waals surface area contributed by atoms with Gasteiger partial charge in [0.05, 0.1) is 18.4 Å². The largest absolute Gasteiger partial charge is 0.497 e. The SMILES string of the molecule is COc1ccc(S(=O)(=O)NCCC(=O)OCC(=O)c2cc(C)n(-c3cccc(F)c3)c2C)cc1. The lowest BCUT2D eigenvalue weighted by Gasteiger charge is -2.10. The summed E-state index contributed by atoms with van der Waals surface area (Å²) >= 11 is 0. The van der Waals surface area contributed by atoms with Crippen LogP contribution in [0.15, 0.2) is 59.5 Å². The number of nitrogens with one attached hydrogen (secondary N) is 1. The summed E-state index contributed by atoms with van der Waals surface area (Å²) < 4.78 is 52.3. The maximum absolute atomic E-state index is 13.6. The summed E-state index contributed by atoms with van der Waals surface area (Å²) in [7, 11) is -2.33.